The van der Waals surface area contributed by atoms with Crippen molar-refractivity contribution in [3.05, 3.63) is 36.1 Å². The lowest BCUT2D eigenvalue weighted by Crippen LogP contribution is -1.88. The van der Waals surface area contributed by atoms with Crippen LogP contribution in [-0.2, 0) is 4.79 Å². The van der Waals surface area contributed by atoms with Gasteiger partial charge in [-0.05, 0) is 17.7 Å². The summed E-state index contributed by atoms with van der Waals surface area (Å²) < 4.78 is 4.97. The smallest absolute Gasteiger partial charge is 0.153 e. The third-order valence-electron chi connectivity index (χ3n) is 1.67. The fourth-order valence-electron chi connectivity index (χ4n) is 0.976. The van der Waals surface area contributed by atoms with Crippen LogP contribution < -0.4 is 4.74 Å². The Morgan fingerprint density at radius 1 is 1.54 bits per heavy atom. The first-order chi connectivity index (χ1) is 6.31. The van der Waals surface area contributed by atoms with E-state index in [1.165, 1.54) is 0 Å². The SMILES string of the molecule is COc1cccc(/C(C=O)=C/O)c1. The molecular weight excluding hydrogens is 168 g/mol. The molecule has 0 atom stereocenters. The van der Waals surface area contributed by atoms with Gasteiger partial charge in [-0.25, -0.2) is 0 Å². The van der Waals surface area contributed by atoms with Crippen LogP contribution >= 0.6 is 0 Å². The molecule has 0 saturated heterocycles. The molecule has 1 aromatic rings. The molecule has 1 aromatic carbocycles. The molecule has 3 nitrogen and oxygen atoms in total. The molecule has 1 N–H and O–H groups in total. The summed E-state index contributed by atoms with van der Waals surface area (Å²) >= 11 is 0. The van der Waals surface area contributed by atoms with E-state index in [2.05, 4.69) is 0 Å². The average molecular weight is 178 g/mol. The number of ether oxygens (including phenoxy) is 1. The van der Waals surface area contributed by atoms with Crippen LogP contribution in [0.5, 0.6) is 5.75 Å². The zero-order chi connectivity index (χ0) is 9.68. The number of aldehydes is 1. The van der Waals surface area contributed by atoms with Crippen molar-refractivity contribution in [2.24, 2.45) is 0 Å². The fourth-order valence-corrected chi connectivity index (χ4v) is 0.976. The van der Waals surface area contributed by atoms with E-state index in [1.807, 2.05) is 0 Å². The van der Waals surface area contributed by atoms with Crippen molar-refractivity contribution < 1.29 is 14.6 Å². The first-order valence-electron chi connectivity index (χ1n) is 3.75. The Bertz CT molecular complexity index is 329. The van der Waals surface area contributed by atoms with E-state index in [-0.39, 0.29) is 5.57 Å². The Balaban J connectivity index is 3.07. The van der Waals surface area contributed by atoms with Gasteiger partial charge in [0, 0.05) is 0 Å². The van der Waals surface area contributed by atoms with Crippen LogP contribution in [0.2, 0.25) is 0 Å². The lowest BCUT2D eigenvalue weighted by Gasteiger charge is -2.02. The summed E-state index contributed by atoms with van der Waals surface area (Å²) in [4.78, 5) is 10.5. The molecule has 0 aliphatic carbocycles. The molecule has 1 rings (SSSR count). The predicted molar refractivity (Wildman–Crippen MR) is 49.7 cm³/mol. The van der Waals surface area contributed by atoms with Gasteiger partial charge in [0.2, 0.25) is 0 Å². The van der Waals surface area contributed by atoms with E-state index in [0.717, 1.165) is 6.26 Å². The molecular formula is C10H10O3. The van der Waals surface area contributed by atoms with Gasteiger partial charge in [-0.3, -0.25) is 4.79 Å². The first-order valence-corrected chi connectivity index (χ1v) is 3.75. The quantitative estimate of drug-likeness (QED) is 0.436. The first kappa shape index (κ1) is 9.32. The largest absolute Gasteiger partial charge is 0.515 e. The molecule has 0 unspecified atom stereocenters. The zero-order valence-corrected chi connectivity index (χ0v) is 7.23. The van der Waals surface area contributed by atoms with Crippen LogP contribution in [-0.4, -0.2) is 18.5 Å². The third kappa shape index (κ3) is 2.08. The highest BCUT2D eigenvalue weighted by atomic mass is 16.5. The standard InChI is InChI=1S/C10H10O3/c1-13-10-4-2-3-8(5-10)9(6-11)7-12/h2-7,11H,1H3/b9-6+. The number of hydrogen-bond donors (Lipinski definition) is 1. The van der Waals surface area contributed by atoms with E-state index in [9.17, 15) is 4.79 Å². The van der Waals surface area contributed by atoms with Gasteiger partial charge >= 0.3 is 0 Å². The molecule has 3 heteroatoms. The highest BCUT2D eigenvalue weighted by Crippen LogP contribution is 2.17. The van der Waals surface area contributed by atoms with Gasteiger partial charge in [-0.15, -0.1) is 0 Å². The minimum atomic E-state index is 0.235. The second-order valence-corrected chi connectivity index (χ2v) is 2.43. The molecule has 0 spiro atoms. The summed E-state index contributed by atoms with van der Waals surface area (Å²) in [5.74, 6) is 0.652. The number of hydrogen-bond acceptors (Lipinski definition) is 3. The molecule has 68 valence electrons. The average Bonchev–Trinajstić information content (AvgIpc) is 2.20. The maximum Gasteiger partial charge on any atom is 0.153 e. The summed E-state index contributed by atoms with van der Waals surface area (Å²) in [6.45, 7) is 0. The molecule has 0 aliphatic heterocycles. The highest BCUT2D eigenvalue weighted by Gasteiger charge is 2.00. The van der Waals surface area contributed by atoms with E-state index in [1.54, 1.807) is 31.4 Å². The number of allylic oxidation sites excluding steroid dienone is 1. The minimum absolute atomic E-state index is 0.235. The summed E-state index contributed by atoms with van der Waals surface area (Å²) in [6, 6.07) is 6.92. The number of carbonyl (C=O) groups excluding carboxylic acids is 1. The summed E-state index contributed by atoms with van der Waals surface area (Å²) in [5, 5.41) is 8.71. The fraction of sp³-hybridized carbons (Fsp3) is 0.100. The topological polar surface area (TPSA) is 46.5 Å². The number of benzene rings is 1. The van der Waals surface area contributed by atoms with Crippen LogP contribution in [0, 0.1) is 0 Å². The molecule has 0 bridgehead atoms. The third-order valence-corrected chi connectivity index (χ3v) is 1.67. The van der Waals surface area contributed by atoms with Gasteiger partial charge < -0.3 is 9.84 Å². The van der Waals surface area contributed by atoms with E-state index < -0.39 is 0 Å². The maximum atomic E-state index is 10.5. The monoisotopic (exact) mass is 178 g/mol. The van der Waals surface area contributed by atoms with Crippen molar-refractivity contribution >= 4 is 11.9 Å². The summed E-state index contributed by atoms with van der Waals surface area (Å²) in [6.07, 6.45) is 1.37. The molecule has 0 heterocycles. The van der Waals surface area contributed by atoms with E-state index >= 15 is 0 Å². The Labute approximate surface area is 76.3 Å². The number of methoxy groups -OCH3 is 1. The van der Waals surface area contributed by atoms with E-state index in [4.69, 9.17) is 9.84 Å². The van der Waals surface area contributed by atoms with Crippen molar-refractivity contribution in [3.63, 3.8) is 0 Å². The van der Waals surface area contributed by atoms with Crippen molar-refractivity contribution in [2.45, 2.75) is 0 Å². The number of carbonyl (C=O) groups is 1. The van der Waals surface area contributed by atoms with Crippen molar-refractivity contribution in [1.29, 1.82) is 0 Å². The predicted octanol–water partition coefficient (Wildman–Crippen LogP) is 1.79. The molecule has 0 radical (unpaired) electrons. The van der Waals surface area contributed by atoms with Gasteiger partial charge in [0.1, 0.15) is 5.75 Å². The van der Waals surface area contributed by atoms with Crippen molar-refractivity contribution in [2.75, 3.05) is 7.11 Å². The van der Waals surface area contributed by atoms with Crippen molar-refractivity contribution in [3.8, 4) is 5.75 Å². The molecule has 0 aliphatic rings. The number of aliphatic hydroxyl groups is 1. The Kier molecular flexibility index (Phi) is 3.09. The molecule has 0 aromatic heterocycles. The Morgan fingerprint density at radius 2 is 2.31 bits per heavy atom. The van der Waals surface area contributed by atoms with Gasteiger partial charge in [-0.2, -0.15) is 0 Å². The summed E-state index contributed by atoms with van der Waals surface area (Å²) in [5.41, 5.74) is 0.871. The van der Waals surface area contributed by atoms with Gasteiger partial charge in [-0.1, -0.05) is 12.1 Å². The van der Waals surface area contributed by atoms with Crippen LogP contribution in [0.1, 0.15) is 5.56 Å². The van der Waals surface area contributed by atoms with Crippen LogP contribution in [0.25, 0.3) is 5.57 Å². The van der Waals surface area contributed by atoms with Crippen LogP contribution in [0.3, 0.4) is 0 Å². The van der Waals surface area contributed by atoms with Crippen LogP contribution in [0.15, 0.2) is 30.5 Å². The molecule has 0 saturated carbocycles. The molecule has 13 heavy (non-hydrogen) atoms. The molecule has 0 amide bonds. The maximum absolute atomic E-state index is 10.5. The van der Waals surface area contributed by atoms with E-state index in [0.29, 0.717) is 17.6 Å². The molecule has 0 fully saturated rings. The number of aliphatic hydroxyl groups excluding tert-OH is 1. The Morgan fingerprint density at radius 3 is 2.85 bits per heavy atom. The second kappa shape index (κ2) is 4.30. The number of rotatable bonds is 3. The van der Waals surface area contributed by atoms with Crippen molar-refractivity contribution in [1.82, 2.24) is 0 Å². The lowest BCUT2D eigenvalue weighted by molar-refractivity contribution is -0.103. The summed E-state index contributed by atoms with van der Waals surface area (Å²) in [7, 11) is 1.54. The van der Waals surface area contributed by atoms with Gasteiger partial charge in [0.05, 0.1) is 18.9 Å². The van der Waals surface area contributed by atoms with Crippen LogP contribution in [0.4, 0.5) is 0 Å². The minimum Gasteiger partial charge on any atom is -0.515 e. The van der Waals surface area contributed by atoms with Gasteiger partial charge in [0.15, 0.2) is 6.29 Å². The highest BCUT2D eigenvalue weighted by molar-refractivity contribution is 6.06. The lowest BCUT2D eigenvalue weighted by atomic mass is 10.1. The normalized spacial score (nSPS) is 11.0. The zero-order valence-electron chi connectivity index (χ0n) is 7.23. The Hall–Kier alpha value is -1.77. The second-order valence-electron chi connectivity index (χ2n) is 2.43. The van der Waals surface area contributed by atoms with Gasteiger partial charge in [0.25, 0.3) is 0 Å².